The summed E-state index contributed by atoms with van der Waals surface area (Å²) in [6, 6.07) is 8.76. The Labute approximate surface area is 101 Å². The molecule has 3 heteroatoms. The summed E-state index contributed by atoms with van der Waals surface area (Å²) >= 11 is 1.97. The minimum absolute atomic E-state index is 0.645. The minimum atomic E-state index is 0.645. The van der Waals surface area contributed by atoms with E-state index in [1.807, 2.05) is 11.8 Å². The lowest BCUT2D eigenvalue weighted by Gasteiger charge is -2.21. The first-order valence-corrected chi connectivity index (χ1v) is 6.71. The number of hydrogen-bond acceptors (Lipinski definition) is 2. The quantitative estimate of drug-likeness (QED) is 0.731. The van der Waals surface area contributed by atoms with Crippen LogP contribution in [-0.4, -0.2) is 19.0 Å². The molecule has 0 amide bonds. The molecule has 1 aromatic carbocycles. The highest BCUT2D eigenvalue weighted by molar-refractivity contribution is 8.02. The predicted octanol–water partition coefficient (Wildman–Crippen LogP) is 1.83. The number of nitrogens with zero attached hydrogens (tertiary/aromatic N) is 1. The van der Waals surface area contributed by atoms with Gasteiger partial charge in [-0.15, -0.1) is 0 Å². The van der Waals surface area contributed by atoms with Crippen molar-refractivity contribution in [3.05, 3.63) is 35.9 Å². The molecule has 0 bridgehead atoms. The van der Waals surface area contributed by atoms with Crippen molar-refractivity contribution in [3.8, 4) is 0 Å². The molecule has 3 unspecified atom stereocenters. The van der Waals surface area contributed by atoms with Crippen LogP contribution >= 0.6 is 11.8 Å². The average molecular weight is 233 g/mol. The third-order valence-corrected chi connectivity index (χ3v) is 4.79. The van der Waals surface area contributed by atoms with Crippen molar-refractivity contribution in [2.24, 2.45) is 5.92 Å². The van der Waals surface area contributed by atoms with Gasteiger partial charge in [0.05, 0.1) is 5.69 Å². The van der Waals surface area contributed by atoms with Crippen LogP contribution in [0, 0.1) is 5.92 Å². The summed E-state index contributed by atoms with van der Waals surface area (Å²) in [4.78, 5) is 3.90. The van der Waals surface area contributed by atoms with E-state index in [4.69, 9.17) is 0 Å². The van der Waals surface area contributed by atoms with Crippen LogP contribution in [0.15, 0.2) is 35.9 Å². The largest absolute Gasteiger partial charge is 0.369 e. The molecule has 0 spiro atoms. The second-order valence-electron chi connectivity index (χ2n) is 4.69. The molecule has 2 heterocycles. The Morgan fingerprint density at radius 1 is 1.38 bits per heavy atom. The van der Waals surface area contributed by atoms with Crippen molar-refractivity contribution in [1.82, 2.24) is 0 Å². The maximum atomic E-state index is 2.39. The van der Waals surface area contributed by atoms with Crippen molar-refractivity contribution in [2.45, 2.75) is 12.3 Å². The number of anilines is 1. The molecule has 1 aromatic rings. The third kappa shape index (κ3) is 1.46. The first-order chi connectivity index (χ1) is 7.77. The van der Waals surface area contributed by atoms with Crippen LogP contribution in [0.5, 0.6) is 0 Å². The van der Waals surface area contributed by atoms with Crippen LogP contribution in [0.4, 0.5) is 11.4 Å². The smallest absolute Gasteiger partial charge is 0.160 e. The number of benzene rings is 1. The molecule has 0 radical (unpaired) electrons. The highest BCUT2D eigenvalue weighted by Gasteiger charge is 2.37. The SMILES string of the molecule is CC1CN(C)c2ccccc2[NH+]2C=CSC12. The zero-order valence-corrected chi connectivity index (χ0v) is 10.5. The van der Waals surface area contributed by atoms with E-state index in [0.29, 0.717) is 11.3 Å². The summed E-state index contributed by atoms with van der Waals surface area (Å²) in [5.41, 5.74) is 2.79. The number of quaternary nitrogens is 1. The maximum absolute atomic E-state index is 2.39. The molecular formula is C13H17N2S+. The number of nitrogens with one attached hydrogen (secondary N) is 1. The van der Waals surface area contributed by atoms with Crippen LogP contribution in [0.3, 0.4) is 0 Å². The lowest BCUT2D eigenvalue weighted by Crippen LogP contribution is -3.05. The van der Waals surface area contributed by atoms with Gasteiger partial charge in [-0.05, 0) is 6.07 Å². The number of fused-ring (bicyclic) bond motifs is 3. The van der Waals surface area contributed by atoms with Gasteiger partial charge >= 0.3 is 0 Å². The van der Waals surface area contributed by atoms with Crippen LogP contribution in [0.1, 0.15) is 6.92 Å². The number of para-hydroxylation sites is 2. The fourth-order valence-corrected chi connectivity index (χ4v) is 3.83. The number of hydrogen-bond donors (Lipinski definition) is 1. The summed E-state index contributed by atoms with van der Waals surface area (Å²) in [6.45, 7) is 3.49. The second-order valence-corrected chi connectivity index (χ2v) is 5.74. The summed E-state index contributed by atoms with van der Waals surface area (Å²) in [7, 11) is 2.20. The highest BCUT2D eigenvalue weighted by Crippen LogP contribution is 2.31. The standard InChI is InChI=1S/C13H16N2S/c1-10-9-14(2)11-5-3-4-6-12(11)15-7-8-16-13(10)15/h3-8,10,13H,9H2,1-2H3/p+1. The highest BCUT2D eigenvalue weighted by atomic mass is 32.2. The van der Waals surface area contributed by atoms with Crippen molar-refractivity contribution in [1.29, 1.82) is 0 Å². The Bertz CT molecular complexity index is 430. The van der Waals surface area contributed by atoms with Gasteiger partial charge in [0, 0.05) is 31.0 Å². The van der Waals surface area contributed by atoms with Crippen LogP contribution < -0.4 is 9.80 Å². The molecule has 3 rings (SSSR count). The molecule has 0 saturated heterocycles. The normalized spacial score (nSPS) is 32.1. The molecule has 16 heavy (non-hydrogen) atoms. The van der Waals surface area contributed by atoms with Crippen molar-refractivity contribution < 1.29 is 4.90 Å². The van der Waals surface area contributed by atoms with E-state index >= 15 is 0 Å². The van der Waals surface area contributed by atoms with E-state index in [-0.39, 0.29) is 0 Å². The predicted molar refractivity (Wildman–Crippen MR) is 70.0 cm³/mol. The van der Waals surface area contributed by atoms with Crippen LogP contribution in [-0.2, 0) is 0 Å². The van der Waals surface area contributed by atoms with Gasteiger partial charge < -0.3 is 4.90 Å². The Hall–Kier alpha value is -0.930. The van der Waals surface area contributed by atoms with Gasteiger partial charge in [0.1, 0.15) is 6.20 Å². The summed E-state index contributed by atoms with van der Waals surface area (Å²) in [5, 5.41) is 2.89. The van der Waals surface area contributed by atoms with Crippen LogP contribution in [0.2, 0.25) is 0 Å². The molecular weight excluding hydrogens is 216 g/mol. The average Bonchev–Trinajstić information content (AvgIpc) is 2.74. The summed E-state index contributed by atoms with van der Waals surface area (Å²) in [5.74, 6) is 0.701. The fourth-order valence-electron chi connectivity index (χ4n) is 2.73. The van der Waals surface area contributed by atoms with Gasteiger partial charge in [-0.3, -0.25) is 4.90 Å². The van der Waals surface area contributed by atoms with Crippen molar-refractivity contribution >= 4 is 23.1 Å². The zero-order valence-electron chi connectivity index (χ0n) is 9.68. The lowest BCUT2D eigenvalue weighted by molar-refractivity contribution is -0.787. The monoisotopic (exact) mass is 233 g/mol. The number of rotatable bonds is 0. The molecule has 0 fully saturated rings. The van der Waals surface area contributed by atoms with Gasteiger partial charge in [-0.25, -0.2) is 0 Å². The maximum Gasteiger partial charge on any atom is 0.160 e. The second kappa shape index (κ2) is 3.82. The molecule has 1 N–H and O–H groups in total. The Morgan fingerprint density at radius 3 is 3.06 bits per heavy atom. The Morgan fingerprint density at radius 2 is 2.19 bits per heavy atom. The van der Waals surface area contributed by atoms with E-state index in [9.17, 15) is 0 Å². The van der Waals surface area contributed by atoms with E-state index in [1.165, 1.54) is 16.3 Å². The molecule has 3 atom stereocenters. The number of thioether (sulfide) groups is 1. The molecule has 0 aliphatic carbocycles. The van der Waals surface area contributed by atoms with Gasteiger partial charge in [0.2, 0.25) is 0 Å². The molecule has 2 aliphatic rings. The van der Waals surface area contributed by atoms with E-state index in [1.54, 1.807) is 0 Å². The molecule has 0 saturated carbocycles. The van der Waals surface area contributed by atoms with Gasteiger partial charge in [0.25, 0.3) is 0 Å². The fraction of sp³-hybridized carbons (Fsp3) is 0.385. The van der Waals surface area contributed by atoms with E-state index in [0.717, 1.165) is 6.54 Å². The minimum Gasteiger partial charge on any atom is -0.369 e. The Kier molecular flexibility index (Phi) is 2.45. The Balaban J connectivity index is 2.12. The van der Waals surface area contributed by atoms with Crippen LogP contribution in [0.25, 0.3) is 0 Å². The summed E-state index contributed by atoms with van der Waals surface area (Å²) < 4.78 is 0. The van der Waals surface area contributed by atoms with Gasteiger partial charge in [0.15, 0.2) is 11.1 Å². The van der Waals surface area contributed by atoms with Gasteiger partial charge in [-0.1, -0.05) is 30.8 Å². The third-order valence-electron chi connectivity index (χ3n) is 3.48. The zero-order chi connectivity index (χ0) is 11.1. The first kappa shape index (κ1) is 10.2. The van der Waals surface area contributed by atoms with E-state index < -0.39 is 0 Å². The molecule has 0 aromatic heterocycles. The van der Waals surface area contributed by atoms with E-state index in [2.05, 4.69) is 54.7 Å². The molecule has 2 aliphatic heterocycles. The lowest BCUT2D eigenvalue weighted by atomic mass is 10.1. The van der Waals surface area contributed by atoms with Crippen molar-refractivity contribution in [2.75, 3.05) is 18.5 Å². The molecule has 2 nitrogen and oxygen atoms in total. The van der Waals surface area contributed by atoms with Crippen molar-refractivity contribution in [3.63, 3.8) is 0 Å². The van der Waals surface area contributed by atoms with Gasteiger partial charge in [-0.2, -0.15) is 0 Å². The molecule has 84 valence electrons. The summed E-state index contributed by atoms with van der Waals surface area (Å²) in [6.07, 6.45) is 2.30. The first-order valence-electron chi connectivity index (χ1n) is 5.77. The topological polar surface area (TPSA) is 7.68 Å².